The van der Waals surface area contributed by atoms with Crippen LogP contribution in [0.4, 0.5) is 5.69 Å². The maximum atomic E-state index is 11.8. The standard InChI is InChI=1S/C9H11NO8S2/c10-8-2-1-6(5-7(8)9(11)12)19(13,14)4-3-18-20(15,16)17/h1-2,5H,3-4,10H2,(H,11,12)(H,15,16,17). The molecule has 0 aliphatic carbocycles. The number of nitrogen functional groups attached to an aromatic ring is 1. The zero-order valence-corrected chi connectivity index (χ0v) is 11.5. The van der Waals surface area contributed by atoms with Gasteiger partial charge >= 0.3 is 16.4 Å². The van der Waals surface area contributed by atoms with E-state index in [-0.39, 0.29) is 16.1 Å². The predicted octanol–water partition coefficient (Wildman–Crippen LogP) is -0.440. The number of aromatic carboxylic acids is 1. The number of carbonyl (C=O) groups is 1. The minimum atomic E-state index is -4.74. The van der Waals surface area contributed by atoms with E-state index in [2.05, 4.69) is 4.18 Å². The lowest BCUT2D eigenvalue weighted by Crippen LogP contribution is -2.16. The molecule has 0 bridgehead atoms. The molecule has 20 heavy (non-hydrogen) atoms. The Morgan fingerprint density at radius 1 is 1.25 bits per heavy atom. The Bertz CT molecular complexity index is 722. The minimum absolute atomic E-state index is 0.106. The summed E-state index contributed by atoms with van der Waals surface area (Å²) in [6.07, 6.45) is 0. The van der Waals surface area contributed by atoms with Crippen molar-refractivity contribution < 1.29 is 35.5 Å². The Labute approximate surface area is 114 Å². The minimum Gasteiger partial charge on any atom is -0.478 e. The maximum Gasteiger partial charge on any atom is 0.397 e. The molecule has 11 heteroatoms. The van der Waals surface area contributed by atoms with E-state index in [0.29, 0.717) is 0 Å². The van der Waals surface area contributed by atoms with Crippen LogP contribution in [0.3, 0.4) is 0 Å². The number of benzene rings is 1. The molecule has 0 aliphatic rings. The molecular weight excluding hydrogens is 314 g/mol. The molecule has 0 saturated heterocycles. The van der Waals surface area contributed by atoms with Crippen LogP contribution in [-0.2, 0) is 24.4 Å². The molecule has 0 heterocycles. The number of nitrogens with two attached hydrogens (primary N) is 1. The van der Waals surface area contributed by atoms with Gasteiger partial charge in [0.05, 0.1) is 22.8 Å². The van der Waals surface area contributed by atoms with Crippen LogP contribution in [0.5, 0.6) is 0 Å². The fourth-order valence-electron chi connectivity index (χ4n) is 1.28. The summed E-state index contributed by atoms with van der Waals surface area (Å²) >= 11 is 0. The summed E-state index contributed by atoms with van der Waals surface area (Å²) < 4.78 is 56.4. The number of carboxylic acid groups (broad SMARTS) is 1. The zero-order chi connectivity index (χ0) is 15.6. The Morgan fingerprint density at radius 3 is 2.35 bits per heavy atom. The van der Waals surface area contributed by atoms with Crippen LogP contribution in [0.25, 0.3) is 0 Å². The summed E-state index contributed by atoms with van der Waals surface area (Å²) in [5.74, 6) is -2.15. The average molecular weight is 325 g/mol. The van der Waals surface area contributed by atoms with E-state index in [1.807, 2.05) is 0 Å². The van der Waals surface area contributed by atoms with Crippen molar-refractivity contribution in [2.24, 2.45) is 0 Å². The third-order valence-electron chi connectivity index (χ3n) is 2.20. The van der Waals surface area contributed by atoms with Gasteiger partial charge < -0.3 is 10.8 Å². The second-order valence-corrected chi connectivity index (χ2v) is 6.82. The topological polar surface area (TPSA) is 161 Å². The van der Waals surface area contributed by atoms with Gasteiger partial charge in [-0.3, -0.25) is 4.55 Å². The quantitative estimate of drug-likeness (QED) is 0.465. The number of anilines is 1. The largest absolute Gasteiger partial charge is 0.478 e. The lowest BCUT2D eigenvalue weighted by molar-refractivity contribution is 0.0697. The molecule has 112 valence electrons. The van der Waals surface area contributed by atoms with Crippen LogP contribution in [-0.4, -0.2) is 44.8 Å². The molecule has 0 radical (unpaired) electrons. The van der Waals surface area contributed by atoms with Gasteiger partial charge in [0.15, 0.2) is 9.84 Å². The van der Waals surface area contributed by atoms with Crippen LogP contribution in [0, 0.1) is 0 Å². The highest BCUT2D eigenvalue weighted by Crippen LogP contribution is 2.19. The summed E-state index contributed by atoms with van der Waals surface area (Å²) in [7, 11) is -8.71. The summed E-state index contributed by atoms with van der Waals surface area (Å²) in [5.41, 5.74) is 4.89. The molecule has 0 spiro atoms. The monoisotopic (exact) mass is 325 g/mol. The smallest absolute Gasteiger partial charge is 0.397 e. The van der Waals surface area contributed by atoms with Crippen LogP contribution in [0.15, 0.2) is 23.1 Å². The normalized spacial score (nSPS) is 12.2. The van der Waals surface area contributed by atoms with Crippen molar-refractivity contribution in [2.45, 2.75) is 4.90 Å². The Hall–Kier alpha value is -1.69. The van der Waals surface area contributed by atoms with Gasteiger partial charge in [-0.05, 0) is 18.2 Å². The molecule has 0 saturated carbocycles. The Balaban J connectivity index is 2.99. The van der Waals surface area contributed by atoms with Gasteiger partial charge in [0.2, 0.25) is 0 Å². The molecule has 0 unspecified atom stereocenters. The van der Waals surface area contributed by atoms with Crippen molar-refractivity contribution in [1.29, 1.82) is 0 Å². The van der Waals surface area contributed by atoms with Crippen LogP contribution in [0.1, 0.15) is 10.4 Å². The molecule has 4 N–H and O–H groups in total. The number of hydrogen-bond donors (Lipinski definition) is 3. The first-order valence-corrected chi connectivity index (χ1v) is 8.02. The Kier molecular flexibility index (Phi) is 4.70. The highest BCUT2D eigenvalue weighted by Gasteiger charge is 2.19. The molecule has 0 aliphatic heterocycles. The third kappa shape index (κ3) is 4.45. The van der Waals surface area contributed by atoms with E-state index in [4.69, 9.17) is 15.4 Å². The maximum absolute atomic E-state index is 11.8. The average Bonchev–Trinajstić information content (AvgIpc) is 2.26. The summed E-state index contributed by atoms with van der Waals surface area (Å²) in [5, 5.41) is 8.83. The second-order valence-electron chi connectivity index (χ2n) is 3.62. The highest BCUT2D eigenvalue weighted by molar-refractivity contribution is 7.91. The number of rotatable bonds is 6. The third-order valence-corrected chi connectivity index (χ3v) is 4.34. The van der Waals surface area contributed by atoms with Crippen molar-refractivity contribution in [1.82, 2.24) is 0 Å². The van der Waals surface area contributed by atoms with Gasteiger partial charge in [-0.15, -0.1) is 0 Å². The summed E-state index contributed by atoms with van der Waals surface area (Å²) in [4.78, 5) is 10.5. The predicted molar refractivity (Wildman–Crippen MR) is 67.4 cm³/mol. The van der Waals surface area contributed by atoms with Gasteiger partial charge in [0, 0.05) is 5.69 Å². The summed E-state index contributed by atoms with van der Waals surface area (Å²) in [6.45, 7) is -0.798. The fraction of sp³-hybridized carbons (Fsp3) is 0.222. The van der Waals surface area contributed by atoms with E-state index < -0.39 is 38.6 Å². The number of hydrogen-bond acceptors (Lipinski definition) is 7. The Morgan fingerprint density at radius 2 is 1.85 bits per heavy atom. The van der Waals surface area contributed by atoms with E-state index in [9.17, 15) is 21.6 Å². The molecular formula is C9H11NO8S2. The van der Waals surface area contributed by atoms with Crippen LogP contribution < -0.4 is 5.73 Å². The van der Waals surface area contributed by atoms with E-state index >= 15 is 0 Å². The van der Waals surface area contributed by atoms with E-state index in [0.717, 1.165) is 18.2 Å². The lowest BCUT2D eigenvalue weighted by atomic mass is 10.2. The molecule has 0 fully saturated rings. The van der Waals surface area contributed by atoms with Crippen molar-refractivity contribution in [3.63, 3.8) is 0 Å². The molecule has 0 aromatic heterocycles. The van der Waals surface area contributed by atoms with Crippen LogP contribution >= 0.6 is 0 Å². The molecule has 1 rings (SSSR count). The van der Waals surface area contributed by atoms with Crippen molar-refractivity contribution in [3.05, 3.63) is 23.8 Å². The number of sulfone groups is 1. The molecule has 1 aromatic carbocycles. The number of carboxylic acids is 1. The first kappa shape index (κ1) is 16.4. The molecule has 1 aromatic rings. The second kappa shape index (κ2) is 5.75. The fourth-order valence-corrected chi connectivity index (χ4v) is 2.79. The van der Waals surface area contributed by atoms with Crippen molar-refractivity contribution in [2.75, 3.05) is 18.1 Å². The first-order chi connectivity index (χ1) is 9.03. The first-order valence-electron chi connectivity index (χ1n) is 5.00. The van der Waals surface area contributed by atoms with Crippen molar-refractivity contribution in [3.8, 4) is 0 Å². The summed E-state index contributed by atoms with van der Waals surface area (Å²) in [6, 6.07) is 3.06. The van der Waals surface area contributed by atoms with Crippen LogP contribution in [0.2, 0.25) is 0 Å². The molecule has 0 amide bonds. The lowest BCUT2D eigenvalue weighted by Gasteiger charge is -2.07. The van der Waals surface area contributed by atoms with Gasteiger partial charge in [0.1, 0.15) is 0 Å². The molecule has 9 nitrogen and oxygen atoms in total. The molecule has 0 atom stereocenters. The SMILES string of the molecule is Nc1ccc(S(=O)(=O)CCOS(=O)(=O)O)cc1C(=O)O. The van der Waals surface area contributed by atoms with Gasteiger partial charge in [0.25, 0.3) is 0 Å². The van der Waals surface area contributed by atoms with E-state index in [1.54, 1.807) is 0 Å². The zero-order valence-electron chi connectivity index (χ0n) is 9.88. The highest BCUT2D eigenvalue weighted by atomic mass is 32.3. The van der Waals surface area contributed by atoms with E-state index in [1.165, 1.54) is 0 Å². The van der Waals surface area contributed by atoms with Crippen molar-refractivity contribution >= 4 is 31.9 Å². The van der Waals surface area contributed by atoms with Gasteiger partial charge in [-0.25, -0.2) is 17.4 Å². The van der Waals surface area contributed by atoms with Gasteiger partial charge in [-0.2, -0.15) is 8.42 Å². The van der Waals surface area contributed by atoms with Gasteiger partial charge in [-0.1, -0.05) is 0 Å².